The fraction of sp³-hybridized carbons (Fsp3) is 0.357. The van der Waals surface area contributed by atoms with Crippen molar-refractivity contribution in [2.75, 3.05) is 19.4 Å². The minimum absolute atomic E-state index is 0.0485. The highest BCUT2D eigenvalue weighted by atomic mass is 32.1. The summed E-state index contributed by atoms with van der Waals surface area (Å²) >= 11 is 1.66. The Hall–Kier alpha value is -1.95. The first kappa shape index (κ1) is 14.5. The number of pyridine rings is 1. The Balaban J connectivity index is 2.05. The Morgan fingerprint density at radius 1 is 1.30 bits per heavy atom. The van der Waals surface area contributed by atoms with Crippen molar-refractivity contribution >= 4 is 23.1 Å². The molecule has 1 atom stereocenters. The van der Waals surface area contributed by atoms with Crippen molar-refractivity contribution in [3.05, 3.63) is 40.0 Å². The Labute approximate surface area is 122 Å². The molecule has 0 aromatic carbocycles. The van der Waals surface area contributed by atoms with Crippen LogP contribution in [0.3, 0.4) is 0 Å². The molecule has 1 N–H and O–H groups in total. The van der Waals surface area contributed by atoms with Crippen LogP contribution in [0.1, 0.15) is 33.2 Å². The number of carbonyl (C=O) groups excluding carboxylic acids is 1. The van der Waals surface area contributed by atoms with Gasteiger partial charge in [0.05, 0.1) is 11.6 Å². The molecule has 2 heterocycles. The van der Waals surface area contributed by atoms with E-state index in [1.165, 1.54) is 9.78 Å². The maximum absolute atomic E-state index is 11.8. The number of aromatic nitrogens is 2. The summed E-state index contributed by atoms with van der Waals surface area (Å²) in [5.74, 6) is 0.688. The summed E-state index contributed by atoms with van der Waals surface area (Å²) in [5, 5.41) is 4.30. The number of carbonyl (C=O) groups is 1. The Morgan fingerprint density at radius 3 is 2.55 bits per heavy atom. The van der Waals surface area contributed by atoms with Crippen LogP contribution in [-0.2, 0) is 0 Å². The summed E-state index contributed by atoms with van der Waals surface area (Å²) in [6.07, 6.45) is 3.45. The highest BCUT2D eigenvalue weighted by molar-refractivity contribution is 7.11. The van der Waals surface area contributed by atoms with Gasteiger partial charge in [0, 0.05) is 31.4 Å². The van der Waals surface area contributed by atoms with E-state index >= 15 is 0 Å². The number of nitrogens with one attached hydrogen (secondary N) is 1. The molecule has 1 amide bonds. The van der Waals surface area contributed by atoms with Crippen LogP contribution in [0, 0.1) is 6.92 Å². The molecule has 0 aliphatic heterocycles. The lowest BCUT2D eigenvalue weighted by Crippen LogP contribution is -2.21. The largest absolute Gasteiger partial charge is 0.361 e. The van der Waals surface area contributed by atoms with E-state index in [1.54, 1.807) is 37.7 Å². The van der Waals surface area contributed by atoms with Crippen LogP contribution in [0.5, 0.6) is 0 Å². The van der Waals surface area contributed by atoms with Gasteiger partial charge in [-0.15, -0.1) is 11.3 Å². The maximum atomic E-state index is 11.8. The van der Waals surface area contributed by atoms with Gasteiger partial charge in [-0.2, -0.15) is 0 Å². The molecule has 2 aromatic rings. The van der Waals surface area contributed by atoms with Crippen LogP contribution in [0.4, 0.5) is 5.82 Å². The van der Waals surface area contributed by atoms with Crippen molar-refractivity contribution in [2.45, 2.75) is 19.9 Å². The zero-order chi connectivity index (χ0) is 14.7. The van der Waals surface area contributed by atoms with Gasteiger partial charge in [0.2, 0.25) is 0 Å². The van der Waals surface area contributed by atoms with E-state index in [2.05, 4.69) is 15.3 Å². The number of anilines is 1. The lowest BCUT2D eigenvalue weighted by Gasteiger charge is -2.13. The van der Waals surface area contributed by atoms with Gasteiger partial charge in [-0.25, -0.2) is 9.97 Å². The summed E-state index contributed by atoms with van der Waals surface area (Å²) in [6, 6.07) is 3.68. The van der Waals surface area contributed by atoms with E-state index in [0.29, 0.717) is 5.56 Å². The molecule has 0 bridgehead atoms. The van der Waals surface area contributed by atoms with E-state index < -0.39 is 0 Å². The number of hydrogen-bond donors (Lipinski definition) is 1. The van der Waals surface area contributed by atoms with Crippen LogP contribution < -0.4 is 5.32 Å². The summed E-state index contributed by atoms with van der Waals surface area (Å²) in [4.78, 5) is 23.1. The predicted molar refractivity (Wildman–Crippen MR) is 81.1 cm³/mol. The second-order valence-corrected chi connectivity index (χ2v) is 6.07. The molecule has 5 nitrogen and oxygen atoms in total. The second-order valence-electron chi connectivity index (χ2n) is 4.81. The highest BCUT2D eigenvalue weighted by Crippen LogP contribution is 2.22. The monoisotopic (exact) mass is 290 g/mol. The lowest BCUT2D eigenvalue weighted by molar-refractivity contribution is 0.0827. The molecule has 0 aliphatic rings. The third kappa shape index (κ3) is 3.33. The summed E-state index contributed by atoms with van der Waals surface area (Å²) in [7, 11) is 3.45. The molecule has 0 aliphatic carbocycles. The van der Waals surface area contributed by atoms with Gasteiger partial charge in [-0.1, -0.05) is 0 Å². The molecule has 20 heavy (non-hydrogen) atoms. The molecule has 6 heteroatoms. The molecule has 0 fully saturated rings. The average molecular weight is 290 g/mol. The minimum atomic E-state index is -0.0485. The van der Waals surface area contributed by atoms with Gasteiger partial charge >= 0.3 is 0 Å². The zero-order valence-electron chi connectivity index (χ0n) is 12.0. The third-order valence-electron chi connectivity index (χ3n) is 2.79. The van der Waals surface area contributed by atoms with Gasteiger partial charge in [-0.05, 0) is 26.0 Å². The smallest absolute Gasteiger partial charge is 0.254 e. The molecule has 2 rings (SSSR count). The zero-order valence-corrected chi connectivity index (χ0v) is 12.9. The van der Waals surface area contributed by atoms with Crippen LogP contribution in [0.15, 0.2) is 24.5 Å². The molecule has 0 saturated heterocycles. The van der Waals surface area contributed by atoms with Crippen LogP contribution in [0.2, 0.25) is 0 Å². The van der Waals surface area contributed by atoms with Crippen molar-refractivity contribution < 1.29 is 4.79 Å². The molecule has 1 unspecified atom stereocenters. The van der Waals surface area contributed by atoms with Gasteiger partial charge in [0.25, 0.3) is 5.91 Å². The summed E-state index contributed by atoms with van der Waals surface area (Å²) in [5.41, 5.74) is 0.582. The van der Waals surface area contributed by atoms with E-state index in [1.807, 2.05) is 26.1 Å². The van der Waals surface area contributed by atoms with Crippen molar-refractivity contribution in [3.63, 3.8) is 0 Å². The van der Waals surface area contributed by atoms with Crippen LogP contribution >= 0.6 is 11.3 Å². The number of amides is 1. The van der Waals surface area contributed by atoms with E-state index in [4.69, 9.17) is 0 Å². The SMILES string of the molecule is Cc1cnc(C(C)Nc2ccc(C(=O)N(C)C)cn2)s1. The third-order valence-corrected chi connectivity index (χ3v) is 3.89. The van der Waals surface area contributed by atoms with Crippen molar-refractivity contribution in [2.24, 2.45) is 0 Å². The fourth-order valence-electron chi connectivity index (χ4n) is 1.72. The normalized spacial score (nSPS) is 12.0. The standard InChI is InChI=1S/C14H18N4OS/c1-9-7-16-13(20-9)10(2)17-12-6-5-11(8-15-12)14(19)18(3)4/h5-8,10H,1-4H3,(H,15,17). The Kier molecular flexibility index (Phi) is 4.34. The fourth-order valence-corrected chi connectivity index (χ4v) is 2.50. The van der Waals surface area contributed by atoms with Gasteiger partial charge in [0.15, 0.2) is 0 Å². The minimum Gasteiger partial charge on any atom is -0.361 e. The first-order valence-corrected chi connectivity index (χ1v) is 7.15. The second kappa shape index (κ2) is 6.00. The molecule has 0 spiro atoms. The topological polar surface area (TPSA) is 58.1 Å². The Morgan fingerprint density at radius 2 is 2.05 bits per heavy atom. The number of hydrogen-bond acceptors (Lipinski definition) is 5. The summed E-state index contributed by atoms with van der Waals surface area (Å²) < 4.78 is 0. The van der Waals surface area contributed by atoms with Crippen LogP contribution in [0.25, 0.3) is 0 Å². The molecule has 0 radical (unpaired) electrons. The van der Waals surface area contributed by atoms with Crippen molar-refractivity contribution in [1.82, 2.24) is 14.9 Å². The first-order valence-electron chi connectivity index (χ1n) is 6.34. The van der Waals surface area contributed by atoms with Gasteiger partial charge in [0.1, 0.15) is 10.8 Å². The molecule has 0 saturated carbocycles. The lowest BCUT2D eigenvalue weighted by atomic mass is 10.2. The van der Waals surface area contributed by atoms with Gasteiger partial charge < -0.3 is 10.2 Å². The summed E-state index contributed by atoms with van der Waals surface area (Å²) in [6.45, 7) is 4.08. The molecular weight excluding hydrogens is 272 g/mol. The number of nitrogens with zero attached hydrogens (tertiary/aromatic N) is 3. The highest BCUT2D eigenvalue weighted by Gasteiger charge is 2.11. The average Bonchev–Trinajstić information content (AvgIpc) is 2.85. The van der Waals surface area contributed by atoms with Crippen molar-refractivity contribution in [1.29, 1.82) is 0 Å². The van der Waals surface area contributed by atoms with Gasteiger partial charge in [-0.3, -0.25) is 4.79 Å². The van der Waals surface area contributed by atoms with E-state index in [-0.39, 0.29) is 11.9 Å². The molecular formula is C14H18N4OS. The first-order chi connectivity index (χ1) is 9.47. The maximum Gasteiger partial charge on any atom is 0.254 e. The number of thiazole rings is 1. The quantitative estimate of drug-likeness (QED) is 0.940. The van der Waals surface area contributed by atoms with Crippen LogP contribution in [-0.4, -0.2) is 34.9 Å². The number of rotatable bonds is 4. The molecule has 106 valence electrons. The predicted octanol–water partition coefficient (Wildman–Crippen LogP) is 2.72. The van der Waals surface area contributed by atoms with E-state index in [0.717, 1.165) is 10.8 Å². The Bertz CT molecular complexity index is 591. The molecule has 2 aromatic heterocycles. The van der Waals surface area contributed by atoms with E-state index in [9.17, 15) is 4.79 Å². The number of aryl methyl sites for hydroxylation is 1. The van der Waals surface area contributed by atoms with Crippen molar-refractivity contribution in [3.8, 4) is 0 Å².